The molecule has 0 bridgehead atoms. The second kappa shape index (κ2) is 12.9. The number of imidazole rings is 1. The molecule has 3 aromatic rings. The standard InChI is InChI=1S/C27H43N7O3/c1-6-36-16-22-32-23-24(34(22)17-27(4,5)33-26(35)30-18(2)3)20-12-11-19(15-21(20)31-25(23)29)37-14-10-8-7-9-13-28/h11-12,15,18H,6-10,13-14,16-17,28H2,1-5H3,(H2,29,31)(H2,30,33,35). The van der Waals surface area contributed by atoms with Gasteiger partial charge in [-0.2, -0.15) is 0 Å². The Bertz CT molecular complexity index is 1190. The Balaban J connectivity index is 1.95. The number of carbonyl (C=O) groups is 1. The highest BCUT2D eigenvalue weighted by molar-refractivity contribution is 6.07. The summed E-state index contributed by atoms with van der Waals surface area (Å²) in [4.78, 5) is 21.9. The van der Waals surface area contributed by atoms with Crippen LogP contribution in [-0.4, -0.2) is 51.9 Å². The van der Waals surface area contributed by atoms with E-state index >= 15 is 0 Å². The molecule has 10 heteroatoms. The first-order valence-corrected chi connectivity index (χ1v) is 13.2. The summed E-state index contributed by atoms with van der Waals surface area (Å²) >= 11 is 0. The van der Waals surface area contributed by atoms with E-state index in [-0.39, 0.29) is 12.1 Å². The summed E-state index contributed by atoms with van der Waals surface area (Å²) < 4.78 is 13.8. The molecule has 0 radical (unpaired) electrons. The molecule has 2 aromatic heterocycles. The molecule has 204 valence electrons. The van der Waals surface area contributed by atoms with Crippen molar-refractivity contribution in [3.8, 4) is 5.75 Å². The number of urea groups is 1. The number of hydrogen-bond acceptors (Lipinski definition) is 7. The van der Waals surface area contributed by atoms with Crippen LogP contribution in [0.25, 0.3) is 21.9 Å². The van der Waals surface area contributed by atoms with Crippen molar-refractivity contribution in [2.24, 2.45) is 5.73 Å². The number of benzene rings is 1. The Hall–Kier alpha value is -3.11. The average molecular weight is 514 g/mol. The molecule has 0 atom stereocenters. The number of hydrogen-bond donors (Lipinski definition) is 4. The predicted molar refractivity (Wildman–Crippen MR) is 149 cm³/mol. The van der Waals surface area contributed by atoms with Crippen LogP contribution in [-0.2, 0) is 17.9 Å². The van der Waals surface area contributed by atoms with Gasteiger partial charge in [0, 0.05) is 30.6 Å². The van der Waals surface area contributed by atoms with Crippen molar-refractivity contribution in [2.45, 2.75) is 85.0 Å². The van der Waals surface area contributed by atoms with Crippen molar-refractivity contribution in [1.82, 2.24) is 25.2 Å². The number of nitrogens with two attached hydrogens (primary N) is 2. The van der Waals surface area contributed by atoms with Gasteiger partial charge in [-0.3, -0.25) is 0 Å². The van der Waals surface area contributed by atoms with Crippen molar-refractivity contribution in [1.29, 1.82) is 0 Å². The molecular formula is C27H43N7O3. The minimum Gasteiger partial charge on any atom is -0.494 e. The minimum absolute atomic E-state index is 0.0376. The quantitative estimate of drug-likeness (QED) is 0.238. The average Bonchev–Trinajstić information content (AvgIpc) is 3.17. The van der Waals surface area contributed by atoms with Gasteiger partial charge >= 0.3 is 6.03 Å². The van der Waals surface area contributed by atoms with Crippen LogP contribution >= 0.6 is 0 Å². The highest BCUT2D eigenvalue weighted by Crippen LogP contribution is 2.32. The van der Waals surface area contributed by atoms with Gasteiger partial charge in [-0.1, -0.05) is 12.8 Å². The maximum atomic E-state index is 12.5. The van der Waals surface area contributed by atoms with Gasteiger partial charge in [0.1, 0.15) is 23.7 Å². The van der Waals surface area contributed by atoms with Crippen LogP contribution in [0.3, 0.4) is 0 Å². The van der Waals surface area contributed by atoms with Crippen LogP contribution in [0.4, 0.5) is 10.6 Å². The van der Waals surface area contributed by atoms with Gasteiger partial charge in [-0.25, -0.2) is 14.8 Å². The molecule has 1 aromatic carbocycles. The molecule has 0 aliphatic rings. The predicted octanol–water partition coefficient (Wildman–Crippen LogP) is 4.09. The molecule has 37 heavy (non-hydrogen) atoms. The first kappa shape index (κ1) is 28.5. The van der Waals surface area contributed by atoms with Gasteiger partial charge in [0.2, 0.25) is 0 Å². The molecule has 0 saturated carbocycles. The van der Waals surface area contributed by atoms with E-state index in [1.54, 1.807) is 0 Å². The fourth-order valence-corrected chi connectivity index (χ4v) is 4.33. The molecule has 2 heterocycles. The lowest BCUT2D eigenvalue weighted by molar-refractivity contribution is 0.124. The van der Waals surface area contributed by atoms with E-state index in [2.05, 4.69) is 20.2 Å². The van der Waals surface area contributed by atoms with Gasteiger partial charge in [0.15, 0.2) is 5.82 Å². The van der Waals surface area contributed by atoms with Gasteiger partial charge in [0.05, 0.1) is 23.2 Å². The van der Waals surface area contributed by atoms with Gasteiger partial charge in [0.25, 0.3) is 0 Å². The Kier molecular flexibility index (Phi) is 9.93. The Morgan fingerprint density at radius 2 is 1.92 bits per heavy atom. The third kappa shape index (κ3) is 7.69. The third-order valence-electron chi connectivity index (χ3n) is 5.98. The summed E-state index contributed by atoms with van der Waals surface area (Å²) in [6.07, 6.45) is 4.24. The van der Waals surface area contributed by atoms with Gasteiger partial charge in [-0.05, 0) is 66.1 Å². The summed E-state index contributed by atoms with van der Waals surface area (Å²) in [7, 11) is 0. The van der Waals surface area contributed by atoms with Gasteiger partial charge in [-0.15, -0.1) is 0 Å². The first-order chi connectivity index (χ1) is 17.6. The zero-order valence-electron chi connectivity index (χ0n) is 22.9. The monoisotopic (exact) mass is 513 g/mol. The number of nitrogen functional groups attached to an aromatic ring is 1. The van der Waals surface area contributed by atoms with Crippen molar-refractivity contribution in [2.75, 3.05) is 25.5 Å². The molecule has 6 N–H and O–H groups in total. The number of pyridine rings is 1. The van der Waals surface area contributed by atoms with E-state index in [0.29, 0.717) is 37.7 Å². The second-order valence-corrected chi connectivity index (χ2v) is 10.3. The molecule has 2 amide bonds. The minimum atomic E-state index is -0.578. The van der Waals surface area contributed by atoms with E-state index in [0.717, 1.165) is 60.2 Å². The van der Waals surface area contributed by atoms with Crippen molar-refractivity contribution in [3.63, 3.8) is 0 Å². The number of rotatable bonds is 14. The molecule has 10 nitrogen and oxygen atoms in total. The number of anilines is 1. The first-order valence-electron chi connectivity index (χ1n) is 13.2. The van der Waals surface area contributed by atoms with Crippen LogP contribution in [0.1, 0.15) is 66.1 Å². The summed E-state index contributed by atoms with van der Waals surface area (Å²) in [6, 6.07) is 5.70. The van der Waals surface area contributed by atoms with E-state index in [1.165, 1.54) is 0 Å². The number of unbranched alkanes of at least 4 members (excludes halogenated alkanes) is 3. The molecule has 0 unspecified atom stereocenters. The smallest absolute Gasteiger partial charge is 0.315 e. The van der Waals surface area contributed by atoms with E-state index in [1.807, 2.05) is 52.8 Å². The zero-order chi connectivity index (χ0) is 27.0. The molecule has 0 spiro atoms. The largest absolute Gasteiger partial charge is 0.494 e. The van der Waals surface area contributed by atoms with Crippen LogP contribution in [0.5, 0.6) is 5.75 Å². The summed E-state index contributed by atoms with van der Waals surface area (Å²) in [5.41, 5.74) is 13.6. The Labute approximate surface area is 219 Å². The second-order valence-electron chi connectivity index (χ2n) is 10.3. The normalized spacial score (nSPS) is 12.0. The van der Waals surface area contributed by atoms with E-state index in [9.17, 15) is 4.79 Å². The molecular weight excluding hydrogens is 470 g/mol. The molecule has 0 saturated heterocycles. The maximum absolute atomic E-state index is 12.5. The summed E-state index contributed by atoms with van der Waals surface area (Å²) in [5.74, 6) is 1.83. The van der Waals surface area contributed by atoms with Crippen LogP contribution in [0.15, 0.2) is 18.2 Å². The number of aromatic nitrogens is 3. The topological polar surface area (TPSA) is 142 Å². The number of ether oxygens (including phenoxy) is 2. The molecule has 3 rings (SSSR count). The molecule has 0 aliphatic heterocycles. The number of fused-ring (bicyclic) bond motifs is 3. The van der Waals surface area contributed by atoms with Crippen molar-refractivity contribution < 1.29 is 14.3 Å². The highest BCUT2D eigenvalue weighted by atomic mass is 16.5. The Morgan fingerprint density at radius 3 is 2.62 bits per heavy atom. The fraction of sp³-hybridized carbons (Fsp3) is 0.593. The fourth-order valence-electron chi connectivity index (χ4n) is 4.33. The zero-order valence-corrected chi connectivity index (χ0v) is 22.9. The summed E-state index contributed by atoms with van der Waals surface area (Å²) in [5, 5.41) is 6.88. The van der Waals surface area contributed by atoms with Gasteiger partial charge < -0.3 is 36.1 Å². The van der Waals surface area contributed by atoms with Crippen molar-refractivity contribution >= 4 is 33.8 Å². The lowest BCUT2D eigenvalue weighted by Crippen LogP contribution is -2.52. The van der Waals surface area contributed by atoms with Crippen LogP contribution < -0.4 is 26.8 Å². The third-order valence-corrected chi connectivity index (χ3v) is 5.98. The lowest BCUT2D eigenvalue weighted by Gasteiger charge is -2.28. The number of nitrogens with zero attached hydrogens (tertiary/aromatic N) is 3. The van der Waals surface area contributed by atoms with Crippen molar-refractivity contribution in [3.05, 3.63) is 24.0 Å². The lowest BCUT2D eigenvalue weighted by atomic mass is 10.1. The van der Waals surface area contributed by atoms with Crippen LogP contribution in [0.2, 0.25) is 0 Å². The van der Waals surface area contributed by atoms with Crippen LogP contribution in [0, 0.1) is 0 Å². The highest BCUT2D eigenvalue weighted by Gasteiger charge is 2.26. The Morgan fingerprint density at radius 1 is 1.16 bits per heavy atom. The van der Waals surface area contributed by atoms with E-state index in [4.69, 9.17) is 25.9 Å². The summed E-state index contributed by atoms with van der Waals surface area (Å²) in [6.45, 7) is 12.5. The van der Waals surface area contributed by atoms with E-state index < -0.39 is 5.54 Å². The number of amides is 2. The number of nitrogens with one attached hydrogen (secondary N) is 2. The molecule has 0 aliphatic carbocycles. The SMILES string of the molecule is CCOCc1nc2c(N)nc3cc(OCCCCCCN)ccc3c2n1CC(C)(C)NC(=O)NC(C)C. The maximum Gasteiger partial charge on any atom is 0.315 e. The molecule has 0 fully saturated rings. The number of carbonyl (C=O) groups excluding carboxylic acids is 1.